The van der Waals surface area contributed by atoms with Crippen LogP contribution in [0.25, 0.3) is 0 Å². The van der Waals surface area contributed by atoms with Crippen LogP contribution in [0, 0.1) is 5.82 Å². The summed E-state index contributed by atoms with van der Waals surface area (Å²) < 4.78 is 18.6. The van der Waals surface area contributed by atoms with Crippen molar-refractivity contribution >= 4 is 11.6 Å². The van der Waals surface area contributed by atoms with Crippen LogP contribution in [0.15, 0.2) is 72.8 Å². The van der Waals surface area contributed by atoms with Gasteiger partial charge in [-0.05, 0) is 53.6 Å². The van der Waals surface area contributed by atoms with Crippen molar-refractivity contribution in [3.8, 4) is 5.75 Å². The Morgan fingerprint density at radius 1 is 1.00 bits per heavy atom. The van der Waals surface area contributed by atoms with Crippen molar-refractivity contribution in [1.82, 2.24) is 5.32 Å². The molecule has 3 aromatic rings. The van der Waals surface area contributed by atoms with E-state index in [0.717, 1.165) is 16.9 Å². The molecule has 0 aliphatic carbocycles. The van der Waals surface area contributed by atoms with Gasteiger partial charge < -0.3 is 15.8 Å². The van der Waals surface area contributed by atoms with Crippen LogP contribution < -0.4 is 15.8 Å². The number of hydrogen-bond acceptors (Lipinski definition) is 3. The van der Waals surface area contributed by atoms with Gasteiger partial charge in [0.1, 0.15) is 11.6 Å². The van der Waals surface area contributed by atoms with Crippen LogP contribution in [0.1, 0.15) is 27.5 Å². The molecule has 1 atom stereocenters. The zero-order chi connectivity index (χ0) is 18.5. The van der Waals surface area contributed by atoms with Crippen molar-refractivity contribution in [2.75, 3.05) is 12.8 Å². The SMILES string of the molecule is COc1ccc(C(NC(=O)c2cccc(F)c2)c2cccc(N)c2)cc1. The van der Waals surface area contributed by atoms with Gasteiger partial charge in [0.25, 0.3) is 5.91 Å². The number of nitrogens with two attached hydrogens (primary N) is 1. The summed E-state index contributed by atoms with van der Waals surface area (Å²) in [7, 11) is 1.59. The number of hydrogen-bond donors (Lipinski definition) is 2. The standard InChI is InChI=1S/C21H19FN2O2/c1-26-19-10-8-14(9-11-19)20(15-4-3-7-18(23)13-15)24-21(25)16-5-2-6-17(22)12-16/h2-13,20H,23H2,1H3,(H,24,25). The first kappa shape index (κ1) is 17.5. The van der Waals surface area contributed by atoms with Crippen molar-refractivity contribution in [3.63, 3.8) is 0 Å². The number of carbonyl (C=O) groups is 1. The zero-order valence-electron chi connectivity index (χ0n) is 14.3. The Morgan fingerprint density at radius 2 is 1.73 bits per heavy atom. The Morgan fingerprint density at radius 3 is 2.38 bits per heavy atom. The number of nitrogen functional groups attached to an aromatic ring is 1. The van der Waals surface area contributed by atoms with Gasteiger partial charge in [0.2, 0.25) is 0 Å². The summed E-state index contributed by atoms with van der Waals surface area (Å²) in [4.78, 5) is 12.6. The second-order valence-corrected chi connectivity index (χ2v) is 5.86. The minimum atomic E-state index is -0.456. The third-order valence-electron chi connectivity index (χ3n) is 4.06. The molecule has 1 amide bonds. The first-order chi connectivity index (χ1) is 12.6. The van der Waals surface area contributed by atoms with Gasteiger partial charge in [-0.15, -0.1) is 0 Å². The van der Waals surface area contributed by atoms with Crippen molar-refractivity contribution < 1.29 is 13.9 Å². The highest BCUT2D eigenvalue weighted by atomic mass is 19.1. The number of rotatable bonds is 5. The second-order valence-electron chi connectivity index (χ2n) is 5.86. The molecule has 0 saturated heterocycles. The number of carbonyl (C=O) groups excluding carboxylic acids is 1. The maximum Gasteiger partial charge on any atom is 0.252 e. The van der Waals surface area contributed by atoms with Crippen LogP contribution in [-0.4, -0.2) is 13.0 Å². The molecule has 0 saturated carbocycles. The summed E-state index contributed by atoms with van der Waals surface area (Å²) in [6.07, 6.45) is 0. The Kier molecular flexibility index (Phi) is 5.17. The molecule has 3 N–H and O–H groups in total. The van der Waals surface area contributed by atoms with Gasteiger partial charge >= 0.3 is 0 Å². The molecular weight excluding hydrogens is 331 g/mol. The lowest BCUT2D eigenvalue weighted by Crippen LogP contribution is -2.29. The number of halogens is 1. The van der Waals surface area contributed by atoms with Crippen molar-refractivity contribution in [2.45, 2.75) is 6.04 Å². The Hall–Kier alpha value is -3.34. The van der Waals surface area contributed by atoms with E-state index in [-0.39, 0.29) is 11.5 Å². The molecular formula is C21H19FN2O2. The first-order valence-electron chi connectivity index (χ1n) is 8.12. The summed E-state index contributed by atoms with van der Waals surface area (Å²) in [5, 5.41) is 2.96. The highest BCUT2D eigenvalue weighted by Gasteiger charge is 2.18. The predicted molar refractivity (Wildman–Crippen MR) is 99.6 cm³/mol. The van der Waals surface area contributed by atoms with Crippen LogP contribution in [0.3, 0.4) is 0 Å². The van der Waals surface area contributed by atoms with Gasteiger partial charge in [0.05, 0.1) is 13.2 Å². The molecule has 0 spiro atoms. The number of nitrogens with one attached hydrogen (secondary N) is 1. The Labute approximate surface area is 151 Å². The topological polar surface area (TPSA) is 64.3 Å². The van der Waals surface area contributed by atoms with Crippen molar-refractivity contribution in [1.29, 1.82) is 0 Å². The summed E-state index contributed by atoms with van der Waals surface area (Å²) >= 11 is 0. The first-order valence-corrected chi connectivity index (χ1v) is 8.12. The van der Waals surface area contributed by atoms with Crippen LogP contribution in [0.5, 0.6) is 5.75 Å². The average Bonchev–Trinajstić information content (AvgIpc) is 2.66. The van der Waals surface area contributed by atoms with Gasteiger partial charge in [0, 0.05) is 11.3 Å². The molecule has 0 aromatic heterocycles. The number of anilines is 1. The highest BCUT2D eigenvalue weighted by molar-refractivity contribution is 5.94. The molecule has 0 aliphatic heterocycles. The molecule has 26 heavy (non-hydrogen) atoms. The monoisotopic (exact) mass is 350 g/mol. The summed E-state index contributed by atoms with van der Waals surface area (Å²) in [5.41, 5.74) is 8.45. The molecule has 3 rings (SSSR count). The van der Waals surface area contributed by atoms with Crippen molar-refractivity contribution in [3.05, 3.63) is 95.3 Å². The fourth-order valence-corrected chi connectivity index (χ4v) is 2.74. The largest absolute Gasteiger partial charge is 0.497 e. The van der Waals surface area contributed by atoms with Gasteiger partial charge in [-0.1, -0.05) is 30.3 Å². The molecule has 132 valence electrons. The van der Waals surface area contributed by atoms with E-state index in [1.165, 1.54) is 18.2 Å². The van der Waals surface area contributed by atoms with Crippen LogP contribution in [0.2, 0.25) is 0 Å². The number of methoxy groups -OCH3 is 1. The average molecular weight is 350 g/mol. The van der Waals surface area contributed by atoms with E-state index in [4.69, 9.17) is 10.5 Å². The fraction of sp³-hybridized carbons (Fsp3) is 0.0952. The van der Waals surface area contributed by atoms with E-state index in [9.17, 15) is 9.18 Å². The number of benzene rings is 3. The molecule has 0 aliphatic rings. The molecule has 0 fully saturated rings. The van der Waals surface area contributed by atoms with E-state index in [0.29, 0.717) is 5.69 Å². The molecule has 3 aromatic carbocycles. The molecule has 1 unspecified atom stereocenters. The normalized spacial score (nSPS) is 11.6. The lowest BCUT2D eigenvalue weighted by molar-refractivity contribution is 0.0942. The number of ether oxygens (including phenoxy) is 1. The lowest BCUT2D eigenvalue weighted by atomic mass is 9.97. The summed E-state index contributed by atoms with van der Waals surface area (Å²) in [6.45, 7) is 0. The predicted octanol–water partition coefficient (Wildman–Crippen LogP) is 3.94. The maximum atomic E-state index is 13.4. The number of amides is 1. The van der Waals surface area contributed by atoms with Gasteiger partial charge in [-0.25, -0.2) is 4.39 Å². The van der Waals surface area contributed by atoms with E-state index in [1.807, 2.05) is 36.4 Å². The quantitative estimate of drug-likeness (QED) is 0.685. The second kappa shape index (κ2) is 7.70. The van der Waals surface area contributed by atoms with Crippen molar-refractivity contribution in [2.24, 2.45) is 0 Å². The summed E-state index contributed by atoms with van der Waals surface area (Å²) in [6, 6.07) is 19.9. The maximum absolute atomic E-state index is 13.4. The Balaban J connectivity index is 1.95. The van der Waals surface area contributed by atoms with E-state index >= 15 is 0 Å². The minimum absolute atomic E-state index is 0.257. The van der Waals surface area contributed by atoms with Crippen LogP contribution in [-0.2, 0) is 0 Å². The Bertz CT molecular complexity index is 910. The van der Waals surface area contributed by atoms with E-state index < -0.39 is 11.9 Å². The summed E-state index contributed by atoms with van der Waals surface area (Å²) in [5.74, 6) is -0.105. The van der Waals surface area contributed by atoms with Crippen LogP contribution >= 0.6 is 0 Å². The van der Waals surface area contributed by atoms with E-state index in [2.05, 4.69) is 5.32 Å². The smallest absolute Gasteiger partial charge is 0.252 e. The molecule has 4 nitrogen and oxygen atoms in total. The minimum Gasteiger partial charge on any atom is -0.497 e. The fourth-order valence-electron chi connectivity index (χ4n) is 2.74. The third-order valence-corrected chi connectivity index (χ3v) is 4.06. The molecule has 0 bridgehead atoms. The van der Waals surface area contributed by atoms with Gasteiger partial charge in [-0.3, -0.25) is 4.79 Å². The third kappa shape index (κ3) is 4.00. The lowest BCUT2D eigenvalue weighted by Gasteiger charge is -2.20. The van der Waals surface area contributed by atoms with Crippen LogP contribution in [0.4, 0.5) is 10.1 Å². The molecule has 5 heteroatoms. The zero-order valence-corrected chi connectivity index (χ0v) is 14.3. The van der Waals surface area contributed by atoms with Gasteiger partial charge in [0.15, 0.2) is 0 Å². The van der Waals surface area contributed by atoms with Gasteiger partial charge in [-0.2, -0.15) is 0 Å². The molecule has 0 heterocycles. The van der Waals surface area contributed by atoms with E-state index in [1.54, 1.807) is 25.3 Å². The molecule has 0 radical (unpaired) electrons. The highest BCUT2D eigenvalue weighted by Crippen LogP contribution is 2.26.